The van der Waals surface area contributed by atoms with Crippen molar-refractivity contribution in [1.29, 1.82) is 0 Å². The molecule has 2 aliphatic carbocycles. The molecule has 1 aliphatic heterocycles. The number of benzene rings is 2. The smallest absolute Gasteiger partial charge is 0.422 e. The van der Waals surface area contributed by atoms with Crippen molar-refractivity contribution in [2.75, 3.05) is 13.2 Å². The number of amides is 1. The number of halogens is 6. The zero-order valence-electron chi connectivity index (χ0n) is 30.1. The number of aliphatic hydroxyl groups is 1. The molecule has 2 aromatic carbocycles. The third kappa shape index (κ3) is 10.7. The van der Waals surface area contributed by atoms with Crippen LogP contribution < -0.4 is 14.8 Å². The van der Waals surface area contributed by atoms with Gasteiger partial charge in [0, 0.05) is 12.8 Å². The second-order valence-corrected chi connectivity index (χ2v) is 14.9. The number of nitrogens with one attached hydrogen (secondary N) is 1. The van der Waals surface area contributed by atoms with Crippen LogP contribution >= 0.6 is 0 Å². The summed E-state index contributed by atoms with van der Waals surface area (Å²) in [5.74, 6) is 0.214. The SMILES string of the molecule is Cc1cc(OCC(F)(F)F)cc(C)c1C1=C(O)C2(CCCCC2)NC1=O.Cc1cc(OCC(F)(F)F)cc(C)c1CC(=O)CC1(C)CCCCC1. The summed E-state index contributed by atoms with van der Waals surface area (Å²) < 4.78 is 83.5. The second-order valence-electron chi connectivity index (χ2n) is 14.9. The van der Waals surface area contributed by atoms with Gasteiger partial charge in [0.15, 0.2) is 13.2 Å². The van der Waals surface area contributed by atoms with Gasteiger partial charge in [0.1, 0.15) is 23.0 Å². The molecule has 51 heavy (non-hydrogen) atoms. The summed E-state index contributed by atoms with van der Waals surface area (Å²) in [6, 6.07) is 6.11. The summed E-state index contributed by atoms with van der Waals surface area (Å²) in [5, 5.41) is 13.8. The molecular weight excluding hydrogens is 676 g/mol. The van der Waals surface area contributed by atoms with Gasteiger partial charge in [-0.1, -0.05) is 45.4 Å². The van der Waals surface area contributed by atoms with Gasteiger partial charge in [0.25, 0.3) is 5.91 Å². The molecule has 0 atom stereocenters. The number of hydrogen-bond acceptors (Lipinski definition) is 5. The molecule has 6 nitrogen and oxygen atoms in total. The standard InChI is InChI=1S/C20H27F3O2.C19H22F3NO3/c1-14-9-17(25-13-20(21,22)23)10-15(2)18(14)11-16(24)12-19(3)7-5-4-6-8-19;1-11-8-13(26-10-19(20,21)22)9-12(2)14(11)15-16(24)18(23-17(15)25)6-4-3-5-7-18/h9-10H,4-8,11-13H2,1-3H3;8-9,24H,3-7,10H2,1-2H3,(H,23,25). The summed E-state index contributed by atoms with van der Waals surface area (Å²) in [6.45, 7) is 6.55. The second kappa shape index (κ2) is 15.9. The maximum absolute atomic E-state index is 12.6. The largest absolute Gasteiger partial charge is 0.509 e. The molecule has 0 saturated heterocycles. The average Bonchev–Trinajstić information content (AvgIpc) is 3.24. The lowest BCUT2D eigenvalue weighted by atomic mass is 9.72. The van der Waals surface area contributed by atoms with Crippen LogP contribution in [0, 0.1) is 33.1 Å². The van der Waals surface area contributed by atoms with Crippen molar-refractivity contribution in [1.82, 2.24) is 5.32 Å². The predicted octanol–water partition coefficient (Wildman–Crippen LogP) is 10.1. The number of ketones is 1. The molecular formula is C39H49F6NO5. The first-order valence-corrected chi connectivity index (χ1v) is 17.6. The summed E-state index contributed by atoms with van der Waals surface area (Å²) in [6.07, 6.45) is 2.29. The number of carbonyl (C=O) groups is 2. The lowest BCUT2D eigenvalue weighted by Gasteiger charge is -2.33. The van der Waals surface area contributed by atoms with Crippen molar-refractivity contribution >= 4 is 17.3 Å². The molecule has 0 radical (unpaired) electrons. The fraction of sp³-hybridized carbons (Fsp3) is 0.590. The summed E-state index contributed by atoms with van der Waals surface area (Å²) >= 11 is 0. The van der Waals surface area contributed by atoms with Crippen LogP contribution in [-0.2, 0) is 16.0 Å². The zero-order valence-corrected chi connectivity index (χ0v) is 30.1. The molecule has 2 fully saturated rings. The predicted molar refractivity (Wildman–Crippen MR) is 183 cm³/mol. The van der Waals surface area contributed by atoms with E-state index in [4.69, 9.17) is 9.47 Å². The highest BCUT2D eigenvalue weighted by Gasteiger charge is 2.47. The number of alkyl halides is 6. The minimum atomic E-state index is -4.42. The Labute approximate surface area is 296 Å². The number of Topliss-reactive ketones (excluding diaryl/α,β-unsaturated/α-hetero) is 1. The van der Waals surface area contributed by atoms with Gasteiger partial charge in [-0.2, -0.15) is 26.3 Å². The highest BCUT2D eigenvalue weighted by molar-refractivity contribution is 6.24. The molecule has 2 aromatic rings. The molecule has 1 heterocycles. The topological polar surface area (TPSA) is 84.9 Å². The first-order chi connectivity index (χ1) is 23.7. The average molecular weight is 726 g/mol. The van der Waals surface area contributed by atoms with Gasteiger partial charge >= 0.3 is 12.4 Å². The molecule has 0 bridgehead atoms. The number of aliphatic hydroxyl groups excluding tert-OH is 1. The van der Waals surface area contributed by atoms with Gasteiger partial charge in [-0.25, -0.2) is 0 Å². The van der Waals surface area contributed by atoms with Crippen molar-refractivity contribution in [2.45, 2.75) is 130 Å². The molecule has 1 amide bonds. The van der Waals surface area contributed by atoms with Gasteiger partial charge in [-0.15, -0.1) is 0 Å². The zero-order chi connectivity index (χ0) is 37.8. The van der Waals surface area contributed by atoms with Crippen LogP contribution in [0.4, 0.5) is 26.3 Å². The van der Waals surface area contributed by atoms with Crippen LogP contribution in [0.15, 0.2) is 30.0 Å². The van der Waals surface area contributed by atoms with Gasteiger partial charge < -0.3 is 19.9 Å². The van der Waals surface area contributed by atoms with E-state index in [0.29, 0.717) is 42.4 Å². The van der Waals surface area contributed by atoms with E-state index >= 15 is 0 Å². The Morgan fingerprint density at radius 3 is 1.63 bits per heavy atom. The van der Waals surface area contributed by atoms with Crippen molar-refractivity contribution < 1.29 is 50.5 Å². The monoisotopic (exact) mass is 725 g/mol. The molecule has 1 spiro atoms. The molecule has 5 rings (SSSR count). The number of rotatable bonds is 9. The maximum Gasteiger partial charge on any atom is 0.422 e. The van der Waals surface area contributed by atoms with E-state index in [1.54, 1.807) is 26.0 Å². The molecule has 0 aromatic heterocycles. The Balaban J connectivity index is 0.000000229. The van der Waals surface area contributed by atoms with Gasteiger partial charge in [0.2, 0.25) is 0 Å². The van der Waals surface area contributed by atoms with Crippen molar-refractivity contribution in [3.63, 3.8) is 0 Å². The minimum Gasteiger partial charge on any atom is -0.509 e. The van der Waals surface area contributed by atoms with Crippen LogP contribution in [0.1, 0.15) is 111 Å². The van der Waals surface area contributed by atoms with E-state index in [0.717, 1.165) is 48.8 Å². The number of hydrogen-bond donors (Lipinski definition) is 2. The summed E-state index contributed by atoms with van der Waals surface area (Å²) in [7, 11) is 0. The Kier molecular flexibility index (Phi) is 12.5. The molecule has 12 heteroatoms. The number of carbonyl (C=O) groups excluding carboxylic acids is 2. The van der Waals surface area contributed by atoms with Crippen LogP contribution in [0.25, 0.3) is 5.57 Å². The number of aryl methyl sites for hydroxylation is 4. The van der Waals surface area contributed by atoms with Crippen LogP contribution in [0.5, 0.6) is 11.5 Å². The van der Waals surface area contributed by atoms with E-state index in [-0.39, 0.29) is 39.9 Å². The molecule has 2 N–H and O–H groups in total. The Bertz CT molecular complexity index is 1570. The quantitative estimate of drug-likeness (QED) is 0.252. The van der Waals surface area contributed by atoms with E-state index in [1.165, 1.54) is 31.4 Å². The molecule has 3 aliphatic rings. The third-order valence-electron chi connectivity index (χ3n) is 10.3. The maximum atomic E-state index is 12.6. The van der Waals surface area contributed by atoms with E-state index in [9.17, 15) is 41.0 Å². The van der Waals surface area contributed by atoms with Gasteiger partial charge in [0.05, 0.1) is 11.1 Å². The summed E-state index contributed by atoms with van der Waals surface area (Å²) in [4.78, 5) is 25.1. The lowest BCUT2D eigenvalue weighted by molar-refractivity contribution is -0.154. The lowest BCUT2D eigenvalue weighted by Crippen LogP contribution is -2.46. The van der Waals surface area contributed by atoms with E-state index in [1.807, 2.05) is 13.8 Å². The Hall–Kier alpha value is -3.70. The van der Waals surface area contributed by atoms with Crippen LogP contribution in [-0.4, -0.2) is 47.9 Å². The van der Waals surface area contributed by atoms with E-state index in [2.05, 4.69) is 12.2 Å². The first-order valence-electron chi connectivity index (χ1n) is 17.6. The fourth-order valence-corrected chi connectivity index (χ4v) is 7.80. The fourth-order valence-electron chi connectivity index (χ4n) is 7.80. The van der Waals surface area contributed by atoms with Crippen molar-refractivity contribution in [3.05, 3.63) is 63.4 Å². The third-order valence-corrected chi connectivity index (χ3v) is 10.3. The molecule has 0 unspecified atom stereocenters. The first kappa shape index (κ1) is 40.1. The molecule has 282 valence electrons. The normalized spacial score (nSPS) is 18.6. The minimum absolute atomic E-state index is 0.0531. The summed E-state index contributed by atoms with van der Waals surface area (Å²) in [5.41, 5.74) is 3.88. The highest BCUT2D eigenvalue weighted by Crippen LogP contribution is 2.43. The highest BCUT2D eigenvalue weighted by atomic mass is 19.4. The van der Waals surface area contributed by atoms with Crippen LogP contribution in [0.3, 0.4) is 0 Å². The van der Waals surface area contributed by atoms with Crippen molar-refractivity contribution in [3.8, 4) is 11.5 Å². The van der Waals surface area contributed by atoms with Gasteiger partial charge in [-0.05, 0) is 116 Å². The van der Waals surface area contributed by atoms with E-state index < -0.39 is 31.1 Å². The molecule has 2 saturated carbocycles. The van der Waals surface area contributed by atoms with Crippen molar-refractivity contribution in [2.24, 2.45) is 5.41 Å². The Morgan fingerprint density at radius 2 is 1.18 bits per heavy atom. The Morgan fingerprint density at radius 1 is 0.745 bits per heavy atom. The van der Waals surface area contributed by atoms with Crippen LogP contribution in [0.2, 0.25) is 0 Å². The van der Waals surface area contributed by atoms with Gasteiger partial charge in [-0.3, -0.25) is 9.59 Å². The number of ether oxygens (including phenoxy) is 2.